The maximum atomic E-state index is 10.1. The molecule has 0 aromatic rings. The standard InChI is InChI=1S/C6H11NO3/c8-3-4-1-2-5(4)7-6(9)10/h4-5,7-8H,1-3H2,(H,9,10)/t4-,5-/m0/s1. The van der Waals surface area contributed by atoms with Gasteiger partial charge in [0.25, 0.3) is 0 Å². The summed E-state index contributed by atoms with van der Waals surface area (Å²) in [5.74, 6) is 0.149. The summed E-state index contributed by atoms with van der Waals surface area (Å²) in [5, 5.41) is 19.2. The SMILES string of the molecule is O=C(O)N[C@H]1CC[C@H]1CO. The summed E-state index contributed by atoms with van der Waals surface area (Å²) in [4.78, 5) is 10.1. The second kappa shape index (κ2) is 2.88. The molecule has 1 fully saturated rings. The first kappa shape index (κ1) is 7.34. The number of aliphatic hydroxyl groups excluding tert-OH is 1. The Hall–Kier alpha value is -0.770. The van der Waals surface area contributed by atoms with Gasteiger partial charge in [-0.3, -0.25) is 0 Å². The smallest absolute Gasteiger partial charge is 0.404 e. The molecular weight excluding hydrogens is 134 g/mol. The predicted octanol–water partition coefficient (Wildman–Crippen LogP) is 0.0249. The second-order valence-electron chi connectivity index (χ2n) is 2.58. The van der Waals surface area contributed by atoms with Gasteiger partial charge in [-0.2, -0.15) is 0 Å². The Labute approximate surface area is 58.9 Å². The zero-order valence-corrected chi connectivity index (χ0v) is 5.58. The van der Waals surface area contributed by atoms with Crippen LogP contribution in [0.15, 0.2) is 0 Å². The number of nitrogens with one attached hydrogen (secondary N) is 1. The minimum absolute atomic E-state index is 0.0116. The van der Waals surface area contributed by atoms with Crippen molar-refractivity contribution in [1.82, 2.24) is 5.32 Å². The van der Waals surface area contributed by atoms with E-state index in [1.807, 2.05) is 0 Å². The van der Waals surface area contributed by atoms with Crippen LogP contribution in [0.3, 0.4) is 0 Å². The van der Waals surface area contributed by atoms with Crippen molar-refractivity contribution >= 4 is 6.09 Å². The molecule has 0 bridgehead atoms. The zero-order chi connectivity index (χ0) is 7.56. The van der Waals surface area contributed by atoms with Crippen molar-refractivity contribution in [2.45, 2.75) is 18.9 Å². The molecule has 0 spiro atoms. The molecule has 3 N–H and O–H groups in total. The normalized spacial score (nSPS) is 30.9. The monoisotopic (exact) mass is 145 g/mol. The Balaban J connectivity index is 2.23. The Morgan fingerprint density at radius 1 is 1.60 bits per heavy atom. The first-order chi connectivity index (χ1) is 4.74. The van der Waals surface area contributed by atoms with Crippen LogP contribution in [0.1, 0.15) is 12.8 Å². The molecule has 0 aromatic carbocycles. The topological polar surface area (TPSA) is 69.6 Å². The van der Waals surface area contributed by atoms with Crippen LogP contribution in [0.25, 0.3) is 0 Å². The van der Waals surface area contributed by atoms with Crippen molar-refractivity contribution in [1.29, 1.82) is 0 Å². The van der Waals surface area contributed by atoms with E-state index >= 15 is 0 Å². The van der Waals surface area contributed by atoms with Gasteiger partial charge in [0.1, 0.15) is 0 Å². The van der Waals surface area contributed by atoms with Crippen LogP contribution in [0.2, 0.25) is 0 Å². The van der Waals surface area contributed by atoms with Crippen molar-refractivity contribution in [2.75, 3.05) is 6.61 Å². The van der Waals surface area contributed by atoms with Crippen LogP contribution >= 0.6 is 0 Å². The molecule has 0 aromatic heterocycles. The van der Waals surface area contributed by atoms with Gasteiger partial charge in [-0.15, -0.1) is 0 Å². The van der Waals surface area contributed by atoms with E-state index in [-0.39, 0.29) is 18.6 Å². The highest BCUT2D eigenvalue weighted by Gasteiger charge is 2.30. The van der Waals surface area contributed by atoms with E-state index in [0.717, 1.165) is 12.8 Å². The molecule has 4 nitrogen and oxygen atoms in total. The van der Waals surface area contributed by atoms with Crippen LogP contribution in [0.5, 0.6) is 0 Å². The average molecular weight is 145 g/mol. The molecule has 4 heteroatoms. The van der Waals surface area contributed by atoms with E-state index in [1.165, 1.54) is 0 Å². The van der Waals surface area contributed by atoms with Gasteiger partial charge < -0.3 is 15.5 Å². The van der Waals surface area contributed by atoms with Crippen LogP contribution in [0.4, 0.5) is 4.79 Å². The van der Waals surface area contributed by atoms with Crippen molar-refractivity contribution in [3.05, 3.63) is 0 Å². The molecule has 1 saturated carbocycles. The molecule has 58 valence electrons. The molecule has 0 saturated heterocycles. The molecule has 0 unspecified atom stereocenters. The van der Waals surface area contributed by atoms with Crippen molar-refractivity contribution in [2.24, 2.45) is 5.92 Å². The van der Waals surface area contributed by atoms with Gasteiger partial charge >= 0.3 is 6.09 Å². The molecule has 1 aliphatic rings. The number of carboxylic acid groups (broad SMARTS) is 1. The lowest BCUT2D eigenvalue weighted by Crippen LogP contribution is -2.47. The number of rotatable bonds is 2. The molecule has 1 aliphatic carbocycles. The molecule has 0 radical (unpaired) electrons. The Bertz CT molecular complexity index is 135. The van der Waals surface area contributed by atoms with Gasteiger partial charge in [0.2, 0.25) is 0 Å². The highest BCUT2D eigenvalue weighted by atomic mass is 16.4. The van der Waals surface area contributed by atoms with Crippen LogP contribution in [-0.4, -0.2) is 29.0 Å². The van der Waals surface area contributed by atoms with E-state index < -0.39 is 6.09 Å². The van der Waals surface area contributed by atoms with Gasteiger partial charge in [0, 0.05) is 18.6 Å². The number of amides is 1. The number of aliphatic hydroxyl groups is 1. The summed E-state index contributed by atoms with van der Waals surface area (Å²) >= 11 is 0. The lowest BCUT2D eigenvalue weighted by Gasteiger charge is -2.34. The van der Waals surface area contributed by atoms with Crippen molar-refractivity contribution in [3.8, 4) is 0 Å². The van der Waals surface area contributed by atoms with E-state index in [1.54, 1.807) is 0 Å². The number of hydrogen-bond acceptors (Lipinski definition) is 2. The highest BCUT2D eigenvalue weighted by Crippen LogP contribution is 2.26. The first-order valence-corrected chi connectivity index (χ1v) is 3.34. The van der Waals surface area contributed by atoms with Gasteiger partial charge in [-0.05, 0) is 12.8 Å². The number of carbonyl (C=O) groups is 1. The largest absolute Gasteiger partial charge is 0.465 e. The zero-order valence-electron chi connectivity index (χ0n) is 5.58. The quantitative estimate of drug-likeness (QED) is 0.513. The summed E-state index contributed by atoms with van der Waals surface area (Å²) in [6.45, 7) is 0.0882. The van der Waals surface area contributed by atoms with Crippen LogP contribution < -0.4 is 5.32 Å². The third-order valence-electron chi connectivity index (χ3n) is 1.96. The van der Waals surface area contributed by atoms with E-state index in [4.69, 9.17) is 10.2 Å². The van der Waals surface area contributed by atoms with E-state index in [0.29, 0.717) is 0 Å². The predicted molar refractivity (Wildman–Crippen MR) is 34.8 cm³/mol. The fraction of sp³-hybridized carbons (Fsp3) is 0.833. The summed E-state index contributed by atoms with van der Waals surface area (Å²) in [6, 6.07) is -0.0116. The molecule has 1 amide bonds. The van der Waals surface area contributed by atoms with Gasteiger partial charge in [-0.1, -0.05) is 0 Å². The van der Waals surface area contributed by atoms with Crippen LogP contribution in [0, 0.1) is 5.92 Å². The minimum Gasteiger partial charge on any atom is -0.465 e. The maximum absolute atomic E-state index is 10.1. The molecule has 2 atom stereocenters. The van der Waals surface area contributed by atoms with Gasteiger partial charge in [0.15, 0.2) is 0 Å². The van der Waals surface area contributed by atoms with Crippen molar-refractivity contribution in [3.63, 3.8) is 0 Å². The summed E-state index contributed by atoms with van der Waals surface area (Å²) in [5.41, 5.74) is 0. The maximum Gasteiger partial charge on any atom is 0.404 e. The molecular formula is C6H11NO3. The molecule has 0 heterocycles. The third-order valence-corrected chi connectivity index (χ3v) is 1.96. The van der Waals surface area contributed by atoms with E-state index in [9.17, 15) is 4.79 Å². The summed E-state index contributed by atoms with van der Waals surface area (Å²) in [6.07, 6.45) is 0.794. The number of hydrogen-bond donors (Lipinski definition) is 3. The Morgan fingerprint density at radius 2 is 2.30 bits per heavy atom. The minimum atomic E-state index is -0.997. The highest BCUT2D eigenvalue weighted by molar-refractivity contribution is 5.65. The average Bonchev–Trinajstić information content (AvgIpc) is 1.82. The first-order valence-electron chi connectivity index (χ1n) is 3.34. The summed E-state index contributed by atoms with van der Waals surface area (Å²) in [7, 11) is 0. The fourth-order valence-corrected chi connectivity index (χ4v) is 1.14. The molecule has 1 rings (SSSR count). The molecule has 0 aliphatic heterocycles. The lowest BCUT2D eigenvalue weighted by atomic mass is 9.80. The Morgan fingerprint density at radius 3 is 2.60 bits per heavy atom. The van der Waals surface area contributed by atoms with Gasteiger partial charge in [0.05, 0.1) is 0 Å². The van der Waals surface area contributed by atoms with Gasteiger partial charge in [-0.25, -0.2) is 4.79 Å². The fourth-order valence-electron chi connectivity index (χ4n) is 1.14. The Kier molecular flexibility index (Phi) is 2.11. The third kappa shape index (κ3) is 1.39. The van der Waals surface area contributed by atoms with Crippen LogP contribution in [-0.2, 0) is 0 Å². The second-order valence-corrected chi connectivity index (χ2v) is 2.58. The van der Waals surface area contributed by atoms with Crippen molar-refractivity contribution < 1.29 is 15.0 Å². The van der Waals surface area contributed by atoms with E-state index in [2.05, 4.69) is 5.32 Å². The summed E-state index contributed by atoms with van der Waals surface area (Å²) < 4.78 is 0. The molecule has 10 heavy (non-hydrogen) atoms. The lowest BCUT2D eigenvalue weighted by molar-refractivity contribution is 0.110.